The predicted octanol–water partition coefficient (Wildman–Crippen LogP) is 4.47. The number of hydrogen-bond donors (Lipinski definition) is 0. The molecule has 0 unspecified atom stereocenters. The molecule has 0 fully saturated rings. The Morgan fingerprint density at radius 2 is 1.00 bits per heavy atom. The zero-order valence-electron chi connectivity index (χ0n) is 14.1. The van der Waals surface area contributed by atoms with E-state index in [9.17, 15) is 9.59 Å². The lowest BCUT2D eigenvalue weighted by molar-refractivity contribution is 0.110. The third-order valence-corrected chi connectivity index (χ3v) is 3.87. The highest BCUT2D eigenvalue weighted by Crippen LogP contribution is 2.28. The topological polar surface area (TPSA) is 52.6 Å². The molecular formula is C22H18O4. The first-order valence-electron chi connectivity index (χ1n) is 8.22. The first kappa shape index (κ1) is 17.4. The number of rotatable bonds is 8. The lowest BCUT2D eigenvalue weighted by Gasteiger charge is -2.13. The van der Waals surface area contributed by atoms with Gasteiger partial charge in [-0.15, -0.1) is 0 Å². The molecule has 3 aromatic carbocycles. The zero-order valence-corrected chi connectivity index (χ0v) is 14.1. The van der Waals surface area contributed by atoms with Crippen LogP contribution in [0.15, 0.2) is 72.8 Å². The van der Waals surface area contributed by atoms with E-state index in [0.29, 0.717) is 48.4 Å². The fourth-order valence-electron chi connectivity index (χ4n) is 2.50. The van der Waals surface area contributed by atoms with Crippen LogP contribution in [0.3, 0.4) is 0 Å². The fourth-order valence-corrected chi connectivity index (χ4v) is 2.50. The van der Waals surface area contributed by atoms with E-state index in [1.54, 1.807) is 12.1 Å². The van der Waals surface area contributed by atoms with Crippen LogP contribution in [-0.4, -0.2) is 12.6 Å². The van der Waals surface area contributed by atoms with E-state index in [2.05, 4.69) is 0 Å². The molecule has 3 aromatic rings. The molecule has 4 nitrogen and oxygen atoms in total. The normalized spacial score (nSPS) is 10.2. The summed E-state index contributed by atoms with van der Waals surface area (Å²) in [5, 5.41) is 0. The maximum Gasteiger partial charge on any atom is 0.153 e. The third-order valence-electron chi connectivity index (χ3n) is 3.87. The van der Waals surface area contributed by atoms with E-state index in [-0.39, 0.29) is 0 Å². The maximum absolute atomic E-state index is 11.4. The average Bonchev–Trinajstić information content (AvgIpc) is 2.72. The number of carbonyl (C=O) groups is 2. The van der Waals surface area contributed by atoms with Crippen LogP contribution in [0.2, 0.25) is 0 Å². The average molecular weight is 346 g/mol. The van der Waals surface area contributed by atoms with Crippen LogP contribution < -0.4 is 9.47 Å². The molecule has 130 valence electrons. The molecule has 0 radical (unpaired) electrons. The molecule has 0 heterocycles. The number of ether oxygens (including phenoxy) is 2. The van der Waals surface area contributed by atoms with Gasteiger partial charge in [0.1, 0.15) is 24.7 Å². The van der Waals surface area contributed by atoms with Gasteiger partial charge in [-0.25, -0.2) is 0 Å². The van der Waals surface area contributed by atoms with Crippen molar-refractivity contribution in [3.63, 3.8) is 0 Å². The van der Waals surface area contributed by atoms with Gasteiger partial charge in [-0.2, -0.15) is 0 Å². The van der Waals surface area contributed by atoms with Gasteiger partial charge >= 0.3 is 0 Å². The van der Waals surface area contributed by atoms with Crippen molar-refractivity contribution >= 4 is 12.6 Å². The number of hydrogen-bond acceptors (Lipinski definition) is 4. The van der Waals surface area contributed by atoms with Crippen LogP contribution in [0.4, 0.5) is 0 Å². The lowest BCUT2D eigenvalue weighted by atomic mass is 10.1. The van der Waals surface area contributed by atoms with Crippen molar-refractivity contribution in [2.45, 2.75) is 13.2 Å². The van der Waals surface area contributed by atoms with Crippen molar-refractivity contribution < 1.29 is 19.1 Å². The molecule has 26 heavy (non-hydrogen) atoms. The van der Waals surface area contributed by atoms with Crippen molar-refractivity contribution in [1.82, 2.24) is 0 Å². The quantitative estimate of drug-likeness (QED) is 0.565. The van der Waals surface area contributed by atoms with Crippen molar-refractivity contribution in [1.29, 1.82) is 0 Å². The monoisotopic (exact) mass is 346 g/mol. The van der Waals surface area contributed by atoms with Gasteiger partial charge in [-0.3, -0.25) is 9.59 Å². The minimum Gasteiger partial charge on any atom is -0.488 e. The highest BCUT2D eigenvalue weighted by atomic mass is 16.5. The van der Waals surface area contributed by atoms with Gasteiger partial charge in [0.05, 0.1) is 11.1 Å². The van der Waals surface area contributed by atoms with E-state index in [1.807, 2.05) is 60.7 Å². The Bertz CT molecular complexity index is 798. The fraction of sp³-hybridized carbons (Fsp3) is 0.0909. The highest BCUT2D eigenvalue weighted by molar-refractivity contribution is 5.87. The van der Waals surface area contributed by atoms with Gasteiger partial charge in [0.25, 0.3) is 0 Å². The number of benzene rings is 3. The van der Waals surface area contributed by atoms with Gasteiger partial charge in [0, 0.05) is 0 Å². The van der Waals surface area contributed by atoms with Crippen LogP contribution >= 0.6 is 0 Å². The molecule has 0 aliphatic rings. The summed E-state index contributed by atoms with van der Waals surface area (Å²) < 4.78 is 11.5. The predicted molar refractivity (Wildman–Crippen MR) is 98.8 cm³/mol. The summed E-state index contributed by atoms with van der Waals surface area (Å²) in [7, 11) is 0. The van der Waals surface area contributed by atoms with Crippen LogP contribution in [0.25, 0.3) is 0 Å². The van der Waals surface area contributed by atoms with Crippen molar-refractivity contribution in [2.24, 2.45) is 0 Å². The Hall–Kier alpha value is -3.40. The van der Waals surface area contributed by atoms with E-state index in [0.717, 1.165) is 11.1 Å². The van der Waals surface area contributed by atoms with Gasteiger partial charge in [-0.1, -0.05) is 60.7 Å². The van der Waals surface area contributed by atoms with Crippen LogP contribution in [0, 0.1) is 0 Å². The Morgan fingerprint density at radius 3 is 1.35 bits per heavy atom. The zero-order chi connectivity index (χ0) is 18.2. The lowest BCUT2D eigenvalue weighted by Crippen LogP contribution is -2.03. The second-order valence-electron chi connectivity index (χ2n) is 5.71. The van der Waals surface area contributed by atoms with E-state index < -0.39 is 0 Å². The summed E-state index contributed by atoms with van der Waals surface area (Å²) in [4.78, 5) is 22.9. The second kappa shape index (κ2) is 8.62. The van der Waals surface area contributed by atoms with Gasteiger partial charge in [-0.05, 0) is 23.3 Å². The molecule has 0 spiro atoms. The van der Waals surface area contributed by atoms with Crippen molar-refractivity contribution in [3.05, 3.63) is 95.1 Å². The van der Waals surface area contributed by atoms with Gasteiger partial charge in [0.2, 0.25) is 0 Å². The molecular weight excluding hydrogens is 328 g/mol. The first-order chi connectivity index (χ1) is 12.8. The summed E-state index contributed by atoms with van der Waals surface area (Å²) in [6.07, 6.45) is 1.40. The Morgan fingerprint density at radius 1 is 0.615 bits per heavy atom. The summed E-state index contributed by atoms with van der Waals surface area (Å²) in [6.45, 7) is 0.619. The molecule has 4 heteroatoms. The number of carbonyl (C=O) groups excluding carboxylic acids is 2. The molecule has 0 aromatic heterocycles. The molecule has 0 amide bonds. The van der Waals surface area contributed by atoms with Gasteiger partial charge < -0.3 is 9.47 Å². The van der Waals surface area contributed by atoms with E-state index >= 15 is 0 Å². The molecule has 3 rings (SSSR count). The first-order valence-corrected chi connectivity index (χ1v) is 8.22. The van der Waals surface area contributed by atoms with E-state index in [1.165, 1.54) is 0 Å². The Balaban J connectivity index is 1.78. The summed E-state index contributed by atoms with van der Waals surface area (Å²) >= 11 is 0. The van der Waals surface area contributed by atoms with E-state index in [4.69, 9.17) is 9.47 Å². The highest BCUT2D eigenvalue weighted by Gasteiger charge is 2.12. The Kier molecular flexibility index (Phi) is 5.78. The molecule has 0 saturated carbocycles. The standard InChI is InChI=1S/C22H18O4/c23-13-19-12-22(26-16-18-9-5-2-6-10-18)20(14-24)11-21(19)25-15-17-7-3-1-4-8-17/h1-14H,15-16H2. The third kappa shape index (κ3) is 4.36. The summed E-state index contributed by atoms with van der Waals surface area (Å²) in [6, 6.07) is 22.3. The minimum atomic E-state index is 0.310. The molecule has 0 N–H and O–H groups in total. The van der Waals surface area contributed by atoms with Crippen LogP contribution in [0.1, 0.15) is 31.8 Å². The Labute approximate surface area is 152 Å². The minimum absolute atomic E-state index is 0.310. The molecule has 0 aliphatic carbocycles. The summed E-state index contributed by atoms with van der Waals surface area (Å²) in [5.74, 6) is 0.719. The molecule has 0 bridgehead atoms. The molecule has 0 aliphatic heterocycles. The van der Waals surface area contributed by atoms with Crippen LogP contribution in [-0.2, 0) is 13.2 Å². The van der Waals surface area contributed by atoms with Crippen LogP contribution in [0.5, 0.6) is 11.5 Å². The maximum atomic E-state index is 11.4. The summed E-state index contributed by atoms with van der Waals surface area (Å²) in [5.41, 5.74) is 2.63. The second-order valence-corrected chi connectivity index (χ2v) is 5.71. The molecule has 0 atom stereocenters. The largest absolute Gasteiger partial charge is 0.488 e. The SMILES string of the molecule is O=Cc1cc(OCc2ccccc2)c(C=O)cc1OCc1ccccc1. The number of aldehydes is 2. The molecule has 0 saturated heterocycles. The smallest absolute Gasteiger partial charge is 0.153 e. The van der Waals surface area contributed by atoms with Crippen molar-refractivity contribution in [3.8, 4) is 11.5 Å². The van der Waals surface area contributed by atoms with Gasteiger partial charge in [0.15, 0.2) is 12.6 Å². The van der Waals surface area contributed by atoms with Crippen molar-refractivity contribution in [2.75, 3.05) is 0 Å².